The van der Waals surface area contributed by atoms with Crippen LogP contribution in [0.2, 0.25) is 0 Å². The van der Waals surface area contributed by atoms with Gasteiger partial charge in [-0.25, -0.2) is 0 Å². The highest BCUT2D eigenvalue weighted by atomic mass is 16.6. The molecule has 6 nitrogen and oxygen atoms in total. The lowest BCUT2D eigenvalue weighted by Crippen LogP contribution is -2.35. The van der Waals surface area contributed by atoms with E-state index < -0.39 is 4.92 Å². The predicted molar refractivity (Wildman–Crippen MR) is 70.6 cm³/mol. The van der Waals surface area contributed by atoms with E-state index >= 15 is 0 Å². The summed E-state index contributed by atoms with van der Waals surface area (Å²) in [7, 11) is 0. The minimum absolute atomic E-state index is 0.0579. The van der Waals surface area contributed by atoms with Crippen LogP contribution in [-0.4, -0.2) is 21.9 Å². The van der Waals surface area contributed by atoms with Crippen molar-refractivity contribution in [2.24, 2.45) is 17.0 Å². The van der Waals surface area contributed by atoms with Gasteiger partial charge in [0.1, 0.15) is 5.69 Å². The molecule has 100 valence electrons. The summed E-state index contributed by atoms with van der Waals surface area (Å²) in [6, 6.07) is 6.50. The third-order valence-electron chi connectivity index (χ3n) is 4.21. The maximum atomic E-state index is 11.0. The zero-order chi connectivity index (χ0) is 13.4. The fraction of sp³-hybridized carbons (Fsp3) is 0.462. The minimum Gasteiger partial charge on any atom is -0.411 e. The summed E-state index contributed by atoms with van der Waals surface area (Å²) < 4.78 is 0. The normalized spacial score (nSPS) is 30.7. The Bertz CT molecular complexity index is 544. The van der Waals surface area contributed by atoms with Gasteiger partial charge in [-0.05, 0) is 31.2 Å². The molecule has 2 bridgehead atoms. The Labute approximate surface area is 110 Å². The van der Waals surface area contributed by atoms with Crippen molar-refractivity contribution in [1.29, 1.82) is 0 Å². The zero-order valence-corrected chi connectivity index (χ0v) is 10.3. The summed E-state index contributed by atoms with van der Waals surface area (Å²) in [5.74, 6) is 0.742. The number of benzene rings is 1. The van der Waals surface area contributed by atoms with Gasteiger partial charge >= 0.3 is 0 Å². The van der Waals surface area contributed by atoms with E-state index in [0.29, 0.717) is 17.5 Å². The minimum atomic E-state index is -0.398. The highest BCUT2D eigenvalue weighted by Gasteiger charge is 2.46. The molecular formula is C13H15N3O3. The van der Waals surface area contributed by atoms with Gasteiger partial charge in [0.25, 0.3) is 5.69 Å². The highest BCUT2D eigenvalue weighted by molar-refractivity contribution is 5.96. The number of hydrogen-bond acceptors (Lipinski definition) is 5. The molecule has 3 rings (SSSR count). The molecule has 2 N–H and O–H groups in total. The number of oxime groups is 1. The zero-order valence-electron chi connectivity index (χ0n) is 10.3. The Morgan fingerprint density at radius 3 is 2.89 bits per heavy atom. The Balaban J connectivity index is 1.88. The molecule has 6 heteroatoms. The molecule has 0 amide bonds. The molecule has 2 saturated carbocycles. The van der Waals surface area contributed by atoms with Crippen LogP contribution in [0.15, 0.2) is 29.4 Å². The second kappa shape index (κ2) is 4.53. The first-order chi connectivity index (χ1) is 9.20. The Morgan fingerprint density at radius 2 is 2.16 bits per heavy atom. The Kier molecular flexibility index (Phi) is 2.85. The standard InChI is InChI=1S/C13H15N3O3/c17-15-13-9-6-5-8(7-9)12(13)14-10-3-1-2-4-11(10)16(18)19/h1-4,8-9,12,14,17H,5-7H2/b15-13+/t8-,9+,12-/m1/s1. The predicted octanol–water partition coefficient (Wildman–Crippen LogP) is 2.64. The molecule has 0 radical (unpaired) electrons. The maximum Gasteiger partial charge on any atom is 0.292 e. The van der Waals surface area contributed by atoms with E-state index in [1.165, 1.54) is 6.07 Å². The lowest BCUT2D eigenvalue weighted by Gasteiger charge is -2.24. The van der Waals surface area contributed by atoms with E-state index in [9.17, 15) is 10.1 Å². The second-order valence-electron chi connectivity index (χ2n) is 5.19. The quantitative estimate of drug-likeness (QED) is 0.497. The van der Waals surface area contributed by atoms with Crippen LogP contribution in [-0.2, 0) is 0 Å². The molecule has 0 aliphatic heterocycles. The molecule has 0 spiro atoms. The first-order valence-corrected chi connectivity index (χ1v) is 6.42. The monoisotopic (exact) mass is 261 g/mol. The first kappa shape index (κ1) is 12.0. The lowest BCUT2D eigenvalue weighted by molar-refractivity contribution is -0.384. The van der Waals surface area contributed by atoms with E-state index in [4.69, 9.17) is 5.21 Å². The van der Waals surface area contributed by atoms with Crippen LogP contribution in [0.4, 0.5) is 11.4 Å². The molecule has 1 aromatic rings. The number of nitrogens with zero attached hydrogens (tertiary/aromatic N) is 2. The van der Waals surface area contributed by atoms with Crippen LogP contribution < -0.4 is 5.32 Å². The number of nitro benzene ring substituents is 1. The Hall–Kier alpha value is -2.11. The molecule has 2 aliphatic carbocycles. The summed E-state index contributed by atoms with van der Waals surface area (Å²) in [5.41, 5.74) is 1.29. The van der Waals surface area contributed by atoms with Gasteiger partial charge in [-0.3, -0.25) is 10.1 Å². The van der Waals surface area contributed by atoms with Crippen molar-refractivity contribution in [3.8, 4) is 0 Å². The van der Waals surface area contributed by atoms with Crippen LogP contribution in [0.1, 0.15) is 19.3 Å². The van der Waals surface area contributed by atoms with E-state index in [0.717, 1.165) is 25.0 Å². The van der Waals surface area contributed by atoms with Crippen molar-refractivity contribution in [3.63, 3.8) is 0 Å². The molecule has 0 unspecified atom stereocenters. The summed E-state index contributed by atoms with van der Waals surface area (Å²) in [6.45, 7) is 0. The van der Waals surface area contributed by atoms with Crippen LogP contribution in [0.25, 0.3) is 0 Å². The Morgan fingerprint density at radius 1 is 1.37 bits per heavy atom. The van der Waals surface area contributed by atoms with E-state index in [1.54, 1.807) is 18.2 Å². The van der Waals surface area contributed by atoms with Crippen LogP contribution in [0.5, 0.6) is 0 Å². The number of fused-ring (bicyclic) bond motifs is 2. The van der Waals surface area contributed by atoms with Gasteiger partial charge in [0, 0.05) is 12.0 Å². The van der Waals surface area contributed by atoms with Crippen molar-refractivity contribution in [2.45, 2.75) is 25.3 Å². The number of rotatable bonds is 3. The van der Waals surface area contributed by atoms with Crippen LogP contribution in [0, 0.1) is 22.0 Å². The first-order valence-electron chi connectivity index (χ1n) is 6.42. The van der Waals surface area contributed by atoms with Crippen molar-refractivity contribution >= 4 is 17.1 Å². The SMILES string of the molecule is O=[N+]([O-])c1ccccc1N[C@H]1/C(=N/O)[C@H]2CC[C@@H]1C2. The number of nitro groups is 1. The number of hydrogen-bond donors (Lipinski definition) is 2. The second-order valence-corrected chi connectivity index (χ2v) is 5.19. The summed E-state index contributed by atoms with van der Waals surface area (Å²) in [6.07, 6.45) is 3.15. The van der Waals surface area contributed by atoms with E-state index in [1.807, 2.05) is 0 Å². The largest absolute Gasteiger partial charge is 0.411 e. The molecule has 1 aromatic carbocycles. The number of para-hydroxylation sites is 2. The third-order valence-corrected chi connectivity index (χ3v) is 4.21. The average molecular weight is 261 g/mol. The maximum absolute atomic E-state index is 11.0. The molecule has 0 heterocycles. The number of anilines is 1. The molecular weight excluding hydrogens is 246 g/mol. The topological polar surface area (TPSA) is 87.8 Å². The van der Waals surface area contributed by atoms with Gasteiger partial charge in [-0.15, -0.1) is 0 Å². The fourth-order valence-electron chi connectivity index (χ4n) is 3.34. The third kappa shape index (κ3) is 1.93. The van der Waals surface area contributed by atoms with Gasteiger partial charge in [-0.2, -0.15) is 0 Å². The van der Waals surface area contributed by atoms with Gasteiger partial charge in [0.15, 0.2) is 0 Å². The summed E-state index contributed by atoms with van der Waals surface area (Å²) in [5, 5.41) is 26.7. The van der Waals surface area contributed by atoms with Gasteiger partial charge in [0.2, 0.25) is 0 Å². The molecule has 3 atom stereocenters. The molecule has 2 aliphatic rings. The van der Waals surface area contributed by atoms with Gasteiger partial charge in [-0.1, -0.05) is 17.3 Å². The summed E-state index contributed by atoms with van der Waals surface area (Å²) in [4.78, 5) is 10.6. The highest BCUT2D eigenvalue weighted by Crippen LogP contribution is 2.44. The molecule has 2 fully saturated rings. The molecule has 0 saturated heterocycles. The number of nitrogens with one attached hydrogen (secondary N) is 1. The van der Waals surface area contributed by atoms with Crippen LogP contribution in [0.3, 0.4) is 0 Å². The van der Waals surface area contributed by atoms with Crippen LogP contribution >= 0.6 is 0 Å². The van der Waals surface area contributed by atoms with Gasteiger partial charge in [0.05, 0.1) is 16.7 Å². The molecule has 19 heavy (non-hydrogen) atoms. The smallest absolute Gasteiger partial charge is 0.292 e. The van der Waals surface area contributed by atoms with Gasteiger partial charge < -0.3 is 10.5 Å². The molecule has 0 aromatic heterocycles. The van der Waals surface area contributed by atoms with Crippen molar-refractivity contribution in [2.75, 3.05) is 5.32 Å². The average Bonchev–Trinajstić information content (AvgIpc) is 3.00. The lowest BCUT2D eigenvalue weighted by atomic mass is 9.93. The van der Waals surface area contributed by atoms with Crippen molar-refractivity contribution in [1.82, 2.24) is 0 Å². The van der Waals surface area contributed by atoms with Crippen molar-refractivity contribution < 1.29 is 10.1 Å². The van der Waals surface area contributed by atoms with Crippen molar-refractivity contribution in [3.05, 3.63) is 34.4 Å². The fourth-order valence-corrected chi connectivity index (χ4v) is 3.34. The summed E-state index contributed by atoms with van der Waals surface area (Å²) >= 11 is 0. The van der Waals surface area contributed by atoms with E-state index in [-0.39, 0.29) is 11.7 Å². The van der Waals surface area contributed by atoms with E-state index in [2.05, 4.69) is 10.5 Å².